The molecule has 1 unspecified atom stereocenters. The first kappa shape index (κ1) is 31.0. The highest BCUT2D eigenvalue weighted by Crippen LogP contribution is 2.34. The number of amides is 2. The van der Waals surface area contributed by atoms with Crippen LogP contribution in [0.3, 0.4) is 0 Å². The number of benzene rings is 3. The fraction of sp³-hybridized carbons (Fsp3) is 0.310. The Balaban J connectivity index is 2.08. The van der Waals surface area contributed by atoms with Crippen LogP contribution in [0.5, 0.6) is 11.5 Å². The van der Waals surface area contributed by atoms with Crippen molar-refractivity contribution in [2.45, 2.75) is 25.9 Å². The van der Waals surface area contributed by atoms with Crippen molar-refractivity contribution < 1.29 is 27.5 Å². The molecule has 40 heavy (non-hydrogen) atoms. The third kappa shape index (κ3) is 8.22. The molecule has 0 spiro atoms. The van der Waals surface area contributed by atoms with Crippen molar-refractivity contribution in [3.8, 4) is 11.5 Å². The number of ether oxygens (including phenoxy) is 2. The van der Waals surface area contributed by atoms with E-state index in [1.54, 1.807) is 19.1 Å². The van der Waals surface area contributed by atoms with Crippen molar-refractivity contribution in [1.82, 2.24) is 10.2 Å². The van der Waals surface area contributed by atoms with Crippen molar-refractivity contribution in [3.63, 3.8) is 0 Å². The Morgan fingerprint density at radius 1 is 0.950 bits per heavy atom. The topological polar surface area (TPSA) is 105 Å². The molecule has 3 aromatic rings. The smallest absolute Gasteiger partial charge is 0.244 e. The van der Waals surface area contributed by atoms with Crippen molar-refractivity contribution in [2.75, 3.05) is 37.9 Å². The minimum absolute atomic E-state index is 0.0876. The van der Waals surface area contributed by atoms with Gasteiger partial charge in [0.2, 0.25) is 21.8 Å². The molecule has 0 saturated carbocycles. The summed E-state index contributed by atoms with van der Waals surface area (Å²) >= 11 is 3.46. The van der Waals surface area contributed by atoms with E-state index >= 15 is 0 Å². The molecular weight excluding hydrogens is 598 g/mol. The van der Waals surface area contributed by atoms with Gasteiger partial charge in [-0.05, 0) is 42.3 Å². The van der Waals surface area contributed by atoms with Gasteiger partial charge in [-0.3, -0.25) is 13.9 Å². The molecule has 1 N–H and O–H groups in total. The fourth-order valence-corrected chi connectivity index (χ4v) is 5.56. The number of nitrogens with one attached hydrogen (secondary N) is 1. The van der Waals surface area contributed by atoms with E-state index < -0.39 is 28.5 Å². The van der Waals surface area contributed by atoms with Crippen LogP contribution in [0.4, 0.5) is 5.69 Å². The number of carbonyl (C=O) groups is 2. The summed E-state index contributed by atoms with van der Waals surface area (Å²) in [6.45, 7) is 1.73. The number of hydrogen-bond donors (Lipinski definition) is 1. The SMILES string of the molecule is CCNC(=O)C(Cc1ccccc1)N(Cc1cccc(Br)c1)C(=O)CN(c1ccc(OC)cc1OC)S(C)(=O)=O. The first-order valence-corrected chi connectivity index (χ1v) is 15.3. The van der Waals surface area contributed by atoms with E-state index in [0.717, 1.165) is 26.2 Å². The molecule has 0 aromatic heterocycles. The Kier molecular flexibility index (Phi) is 11.0. The van der Waals surface area contributed by atoms with Crippen molar-refractivity contribution >= 4 is 43.5 Å². The Labute approximate surface area is 244 Å². The zero-order valence-electron chi connectivity index (χ0n) is 23.0. The number of halogens is 1. The van der Waals surface area contributed by atoms with Gasteiger partial charge in [-0.2, -0.15) is 0 Å². The molecule has 0 fully saturated rings. The molecule has 1 atom stereocenters. The average Bonchev–Trinajstić information content (AvgIpc) is 2.93. The lowest BCUT2D eigenvalue weighted by molar-refractivity contribution is -0.140. The van der Waals surface area contributed by atoms with Crippen LogP contribution in [0.25, 0.3) is 0 Å². The average molecular weight is 633 g/mol. The van der Waals surface area contributed by atoms with Gasteiger partial charge in [0, 0.05) is 30.0 Å². The van der Waals surface area contributed by atoms with E-state index in [-0.39, 0.29) is 30.3 Å². The van der Waals surface area contributed by atoms with Crippen molar-refractivity contribution in [1.29, 1.82) is 0 Å². The summed E-state index contributed by atoms with van der Waals surface area (Å²) < 4.78 is 38.5. The molecule has 3 aromatic carbocycles. The maximum Gasteiger partial charge on any atom is 0.244 e. The standard InChI is InChI=1S/C29H34BrN3O6S/c1-5-31-29(35)26(17-21-10-7-6-8-11-21)32(19-22-12-9-13-23(30)16-22)28(34)20-33(40(4,36)37)25-15-14-24(38-2)18-27(25)39-3/h6-16,18,26H,5,17,19-20H2,1-4H3,(H,31,35). The Morgan fingerprint density at radius 3 is 2.25 bits per heavy atom. The van der Waals surface area contributed by atoms with Gasteiger partial charge in [0.1, 0.15) is 24.1 Å². The van der Waals surface area contributed by atoms with E-state index in [0.29, 0.717) is 12.3 Å². The number of likely N-dealkylation sites (N-methyl/N-ethyl adjacent to an activating group) is 1. The van der Waals surface area contributed by atoms with Gasteiger partial charge in [0.05, 0.1) is 26.2 Å². The third-order valence-corrected chi connectivity index (χ3v) is 7.82. The number of carbonyl (C=O) groups excluding carboxylic acids is 2. The summed E-state index contributed by atoms with van der Waals surface area (Å²) in [5.41, 5.74) is 1.82. The number of hydrogen-bond acceptors (Lipinski definition) is 6. The quantitative estimate of drug-likeness (QED) is 0.306. The highest BCUT2D eigenvalue weighted by molar-refractivity contribution is 9.10. The van der Waals surface area contributed by atoms with E-state index in [1.165, 1.54) is 25.2 Å². The van der Waals surface area contributed by atoms with E-state index in [2.05, 4.69) is 21.2 Å². The van der Waals surface area contributed by atoms with Gasteiger partial charge < -0.3 is 19.7 Å². The summed E-state index contributed by atoms with van der Waals surface area (Å²) in [6.07, 6.45) is 1.27. The first-order valence-electron chi connectivity index (χ1n) is 12.6. The molecule has 0 saturated heterocycles. The molecule has 0 aliphatic rings. The second kappa shape index (κ2) is 14.2. The normalized spacial score (nSPS) is 11.8. The minimum atomic E-state index is -3.94. The van der Waals surface area contributed by atoms with Crippen LogP contribution < -0.4 is 19.1 Å². The van der Waals surface area contributed by atoms with Crippen molar-refractivity contribution in [2.24, 2.45) is 0 Å². The predicted octanol–water partition coefficient (Wildman–Crippen LogP) is 4.01. The van der Waals surface area contributed by atoms with Crippen molar-refractivity contribution in [3.05, 3.63) is 88.4 Å². The number of nitrogens with zero attached hydrogens (tertiary/aromatic N) is 2. The summed E-state index contributed by atoms with van der Waals surface area (Å²) in [4.78, 5) is 28.9. The lowest BCUT2D eigenvalue weighted by Gasteiger charge is -2.33. The van der Waals surface area contributed by atoms with Gasteiger partial charge in [0.15, 0.2) is 0 Å². The highest BCUT2D eigenvalue weighted by Gasteiger charge is 2.33. The Hall–Kier alpha value is -3.57. The molecule has 2 amide bonds. The molecule has 0 heterocycles. The third-order valence-electron chi connectivity index (χ3n) is 6.20. The van der Waals surface area contributed by atoms with Crippen LogP contribution in [0.1, 0.15) is 18.1 Å². The number of anilines is 1. The van der Waals surface area contributed by atoms with Gasteiger partial charge in [-0.25, -0.2) is 8.42 Å². The molecule has 214 valence electrons. The zero-order chi connectivity index (χ0) is 29.3. The molecular formula is C29H34BrN3O6S. The molecule has 3 rings (SSSR count). The Morgan fingerprint density at radius 2 is 1.65 bits per heavy atom. The van der Waals surface area contributed by atoms with Gasteiger partial charge in [0.25, 0.3) is 0 Å². The second-order valence-electron chi connectivity index (χ2n) is 9.06. The Bertz CT molecular complexity index is 1420. The van der Waals surface area contributed by atoms with Crippen LogP contribution in [0, 0.1) is 0 Å². The van der Waals surface area contributed by atoms with Crippen LogP contribution in [-0.2, 0) is 32.6 Å². The van der Waals surface area contributed by atoms with Crippen LogP contribution >= 0.6 is 15.9 Å². The molecule has 0 radical (unpaired) electrons. The second-order valence-corrected chi connectivity index (χ2v) is 11.9. The lowest BCUT2D eigenvalue weighted by Crippen LogP contribution is -2.53. The summed E-state index contributed by atoms with van der Waals surface area (Å²) in [7, 11) is -1.04. The number of sulfonamides is 1. The van der Waals surface area contributed by atoms with Crippen LogP contribution in [0.2, 0.25) is 0 Å². The predicted molar refractivity (Wildman–Crippen MR) is 159 cm³/mol. The molecule has 0 aliphatic carbocycles. The molecule has 0 aliphatic heterocycles. The van der Waals surface area contributed by atoms with E-state index in [1.807, 2.05) is 54.6 Å². The van der Waals surface area contributed by atoms with Gasteiger partial charge in [-0.1, -0.05) is 58.4 Å². The van der Waals surface area contributed by atoms with Crippen LogP contribution in [0.15, 0.2) is 77.3 Å². The van der Waals surface area contributed by atoms with E-state index in [4.69, 9.17) is 9.47 Å². The summed E-state index contributed by atoms with van der Waals surface area (Å²) in [6, 6.07) is 20.6. The number of methoxy groups -OCH3 is 2. The zero-order valence-corrected chi connectivity index (χ0v) is 25.4. The largest absolute Gasteiger partial charge is 0.497 e. The van der Waals surface area contributed by atoms with Crippen LogP contribution in [-0.4, -0.2) is 64.7 Å². The van der Waals surface area contributed by atoms with E-state index in [9.17, 15) is 18.0 Å². The molecule has 9 nitrogen and oxygen atoms in total. The molecule has 0 bridgehead atoms. The maximum absolute atomic E-state index is 14.1. The first-order chi connectivity index (χ1) is 19.1. The minimum Gasteiger partial charge on any atom is -0.497 e. The fourth-order valence-electron chi connectivity index (χ4n) is 4.26. The number of rotatable bonds is 13. The lowest BCUT2D eigenvalue weighted by atomic mass is 10.0. The monoisotopic (exact) mass is 631 g/mol. The van der Waals surface area contributed by atoms with Gasteiger partial charge in [-0.15, -0.1) is 0 Å². The summed E-state index contributed by atoms with van der Waals surface area (Å²) in [5, 5.41) is 2.84. The maximum atomic E-state index is 14.1. The molecule has 11 heteroatoms. The highest BCUT2D eigenvalue weighted by atomic mass is 79.9. The van der Waals surface area contributed by atoms with Gasteiger partial charge >= 0.3 is 0 Å². The summed E-state index contributed by atoms with van der Waals surface area (Å²) in [5.74, 6) is -0.186.